The summed E-state index contributed by atoms with van der Waals surface area (Å²) >= 11 is 0. The van der Waals surface area contributed by atoms with Crippen molar-refractivity contribution in [2.24, 2.45) is 0 Å². The summed E-state index contributed by atoms with van der Waals surface area (Å²) < 4.78 is 50.7. The van der Waals surface area contributed by atoms with Crippen molar-refractivity contribution < 1.29 is 27.4 Å². The Bertz CT molecular complexity index is 1110. The summed E-state index contributed by atoms with van der Waals surface area (Å²) in [5, 5.41) is 1.03. The molecule has 1 aromatic heterocycles. The highest BCUT2D eigenvalue weighted by Crippen LogP contribution is 2.41. The van der Waals surface area contributed by atoms with Crippen LogP contribution in [0.3, 0.4) is 0 Å². The zero-order valence-electron chi connectivity index (χ0n) is 17.3. The summed E-state index contributed by atoms with van der Waals surface area (Å²) in [4.78, 5) is 16.4. The Morgan fingerprint density at radius 2 is 1.87 bits per heavy atom. The maximum atomic E-state index is 13.3. The molecule has 2 heterocycles. The number of para-hydroxylation sites is 1. The Morgan fingerprint density at radius 3 is 2.58 bits per heavy atom. The third-order valence-corrected chi connectivity index (χ3v) is 5.87. The van der Waals surface area contributed by atoms with Gasteiger partial charge in [0.2, 0.25) is 0 Å². The van der Waals surface area contributed by atoms with E-state index in [4.69, 9.17) is 9.47 Å². The van der Waals surface area contributed by atoms with E-state index >= 15 is 0 Å². The van der Waals surface area contributed by atoms with Gasteiger partial charge in [-0.25, -0.2) is 0 Å². The van der Waals surface area contributed by atoms with Gasteiger partial charge >= 0.3 is 12.1 Å². The molecule has 1 atom stereocenters. The standard InChI is InChI=1S/C23H23F3N2O3/c1-30-20-11-14-9-10-28(22(29)23(24,25)26)19(17(14)12-21(20)31-2)8-7-15-13-27-18-6-4-3-5-16(15)18/h3-6,11-13,19,27H,7-10H2,1-2H3/t19-/m1/s1. The minimum atomic E-state index is -4.92. The number of amides is 1. The Kier molecular flexibility index (Phi) is 5.56. The Hall–Kier alpha value is -3.16. The van der Waals surface area contributed by atoms with Gasteiger partial charge in [0.15, 0.2) is 11.5 Å². The lowest BCUT2D eigenvalue weighted by atomic mass is 9.88. The SMILES string of the molecule is COc1cc2c(cc1OC)[C@@H](CCc1c[nH]c3ccccc13)N(C(=O)C(F)(F)F)CC2. The van der Waals surface area contributed by atoms with Gasteiger partial charge in [0.1, 0.15) is 0 Å². The molecule has 5 nitrogen and oxygen atoms in total. The van der Waals surface area contributed by atoms with E-state index in [1.165, 1.54) is 14.2 Å². The minimum Gasteiger partial charge on any atom is -0.493 e. The van der Waals surface area contributed by atoms with Crippen LogP contribution < -0.4 is 9.47 Å². The van der Waals surface area contributed by atoms with Gasteiger partial charge in [-0.2, -0.15) is 13.2 Å². The van der Waals surface area contributed by atoms with Crippen molar-refractivity contribution in [2.45, 2.75) is 31.5 Å². The lowest BCUT2D eigenvalue weighted by Gasteiger charge is -2.38. The van der Waals surface area contributed by atoms with Crippen molar-refractivity contribution in [1.29, 1.82) is 0 Å². The summed E-state index contributed by atoms with van der Waals surface area (Å²) in [6.07, 6.45) is -1.86. The number of alkyl halides is 3. The molecule has 0 aliphatic carbocycles. The zero-order chi connectivity index (χ0) is 22.2. The summed E-state index contributed by atoms with van der Waals surface area (Å²) in [5.41, 5.74) is 3.51. The summed E-state index contributed by atoms with van der Waals surface area (Å²) in [6, 6.07) is 10.5. The van der Waals surface area contributed by atoms with Crippen LogP contribution >= 0.6 is 0 Å². The van der Waals surface area contributed by atoms with Crippen molar-refractivity contribution in [3.05, 3.63) is 59.3 Å². The number of hydrogen-bond donors (Lipinski definition) is 1. The van der Waals surface area contributed by atoms with Crippen LogP contribution in [0, 0.1) is 0 Å². The van der Waals surface area contributed by atoms with Crippen LogP contribution in [0.2, 0.25) is 0 Å². The highest BCUT2D eigenvalue weighted by molar-refractivity contribution is 5.84. The molecule has 0 saturated carbocycles. The second-order valence-corrected chi connectivity index (χ2v) is 7.57. The number of benzene rings is 2. The molecule has 164 valence electrons. The first-order chi connectivity index (χ1) is 14.8. The van der Waals surface area contributed by atoms with E-state index in [2.05, 4.69) is 4.98 Å². The van der Waals surface area contributed by atoms with Crippen LogP contribution in [-0.4, -0.2) is 42.7 Å². The van der Waals surface area contributed by atoms with Crippen LogP contribution in [0.1, 0.15) is 29.2 Å². The molecule has 1 aliphatic rings. The van der Waals surface area contributed by atoms with Gasteiger partial charge in [0.25, 0.3) is 0 Å². The number of hydrogen-bond acceptors (Lipinski definition) is 3. The molecule has 1 aliphatic heterocycles. The number of methoxy groups -OCH3 is 2. The molecule has 0 fully saturated rings. The van der Waals surface area contributed by atoms with Gasteiger partial charge in [-0.3, -0.25) is 4.79 Å². The maximum Gasteiger partial charge on any atom is 0.471 e. The van der Waals surface area contributed by atoms with Crippen molar-refractivity contribution in [3.8, 4) is 11.5 Å². The van der Waals surface area contributed by atoms with E-state index < -0.39 is 18.1 Å². The number of halogens is 3. The molecular formula is C23H23F3N2O3. The van der Waals surface area contributed by atoms with E-state index in [1.54, 1.807) is 12.1 Å². The Morgan fingerprint density at radius 1 is 1.16 bits per heavy atom. The molecule has 0 unspecified atom stereocenters. The fourth-order valence-electron chi connectivity index (χ4n) is 4.38. The average molecular weight is 432 g/mol. The van der Waals surface area contributed by atoms with Crippen molar-refractivity contribution in [2.75, 3.05) is 20.8 Å². The first-order valence-corrected chi connectivity index (χ1v) is 10.0. The molecule has 0 spiro atoms. The lowest BCUT2D eigenvalue weighted by Crippen LogP contribution is -2.46. The Labute approximate surface area is 177 Å². The van der Waals surface area contributed by atoms with Crippen LogP contribution in [0.25, 0.3) is 10.9 Å². The molecule has 4 rings (SSSR count). The molecular weight excluding hydrogens is 409 g/mol. The van der Waals surface area contributed by atoms with Crippen molar-refractivity contribution >= 4 is 16.8 Å². The van der Waals surface area contributed by atoms with Gasteiger partial charge in [0.05, 0.1) is 20.3 Å². The highest BCUT2D eigenvalue weighted by Gasteiger charge is 2.46. The number of ether oxygens (including phenoxy) is 2. The number of carbonyl (C=O) groups excluding carboxylic acids is 1. The minimum absolute atomic E-state index is 0.000617. The average Bonchev–Trinajstić information content (AvgIpc) is 3.18. The van der Waals surface area contributed by atoms with Gasteiger partial charge < -0.3 is 19.4 Å². The van der Waals surface area contributed by atoms with E-state index in [-0.39, 0.29) is 6.54 Å². The molecule has 3 aromatic rings. The molecule has 1 N–H and O–H groups in total. The smallest absolute Gasteiger partial charge is 0.471 e. The largest absolute Gasteiger partial charge is 0.493 e. The number of nitrogens with zero attached hydrogens (tertiary/aromatic N) is 1. The van der Waals surface area contributed by atoms with Gasteiger partial charge in [0, 0.05) is 23.6 Å². The van der Waals surface area contributed by atoms with Crippen molar-refractivity contribution in [1.82, 2.24) is 9.88 Å². The fraction of sp³-hybridized carbons (Fsp3) is 0.348. The lowest BCUT2D eigenvalue weighted by molar-refractivity contribution is -0.188. The summed E-state index contributed by atoms with van der Waals surface area (Å²) in [6.45, 7) is -0.000617. The molecule has 1 amide bonds. The summed E-state index contributed by atoms with van der Waals surface area (Å²) in [7, 11) is 2.99. The van der Waals surface area contributed by atoms with Crippen LogP contribution in [-0.2, 0) is 17.6 Å². The quantitative estimate of drug-likeness (QED) is 0.630. The monoisotopic (exact) mass is 432 g/mol. The van der Waals surface area contributed by atoms with Crippen LogP contribution in [0.5, 0.6) is 11.5 Å². The van der Waals surface area contributed by atoms with Crippen LogP contribution in [0.4, 0.5) is 13.2 Å². The van der Waals surface area contributed by atoms with Gasteiger partial charge in [-0.15, -0.1) is 0 Å². The topological polar surface area (TPSA) is 54.6 Å². The second kappa shape index (κ2) is 8.17. The van der Waals surface area contributed by atoms with Gasteiger partial charge in [-0.05, 0) is 54.2 Å². The molecule has 8 heteroatoms. The number of H-pyrrole nitrogens is 1. The molecule has 2 aromatic carbocycles. The summed E-state index contributed by atoms with van der Waals surface area (Å²) in [5.74, 6) is -0.858. The Balaban J connectivity index is 1.71. The predicted octanol–water partition coefficient (Wildman–Crippen LogP) is 4.81. The zero-order valence-corrected chi connectivity index (χ0v) is 17.3. The number of rotatable bonds is 5. The van der Waals surface area contributed by atoms with E-state index in [1.807, 2.05) is 30.5 Å². The molecule has 0 radical (unpaired) electrons. The van der Waals surface area contributed by atoms with Gasteiger partial charge in [-0.1, -0.05) is 18.2 Å². The van der Waals surface area contributed by atoms with E-state index in [0.717, 1.165) is 26.9 Å². The number of carbonyl (C=O) groups is 1. The number of nitrogens with one attached hydrogen (secondary N) is 1. The number of aryl methyl sites for hydroxylation is 1. The number of aromatic amines is 1. The number of fused-ring (bicyclic) bond motifs is 2. The molecule has 0 saturated heterocycles. The second-order valence-electron chi connectivity index (χ2n) is 7.57. The molecule has 31 heavy (non-hydrogen) atoms. The number of aromatic nitrogens is 1. The highest BCUT2D eigenvalue weighted by atomic mass is 19.4. The van der Waals surface area contributed by atoms with Crippen LogP contribution in [0.15, 0.2) is 42.6 Å². The first kappa shape index (κ1) is 21.1. The third-order valence-electron chi connectivity index (χ3n) is 5.87. The normalized spacial score (nSPS) is 16.3. The van der Waals surface area contributed by atoms with E-state index in [0.29, 0.717) is 36.3 Å². The third kappa shape index (κ3) is 3.94. The fourth-order valence-corrected chi connectivity index (χ4v) is 4.38. The maximum absolute atomic E-state index is 13.3. The van der Waals surface area contributed by atoms with E-state index in [9.17, 15) is 18.0 Å². The predicted molar refractivity (Wildman–Crippen MR) is 110 cm³/mol. The first-order valence-electron chi connectivity index (χ1n) is 10.0. The van der Waals surface area contributed by atoms with Crippen molar-refractivity contribution in [3.63, 3.8) is 0 Å². The molecule has 0 bridgehead atoms.